The molecule has 1 aliphatic rings. The summed E-state index contributed by atoms with van der Waals surface area (Å²) in [6.45, 7) is 10.3. The average Bonchev–Trinajstić information content (AvgIpc) is 3.99. The van der Waals surface area contributed by atoms with E-state index >= 15 is 0 Å². The fourth-order valence-corrected chi connectivity index (χ4v) is 6.87. The predicted octanol–water partition coefficient (Wildman–Crippen LogP) is 7.05. The van der Waals surface area contributed by atoms with Crippen LogP contribution in [0.1, 0.15) is 53.5 Å². The van der Waals surface area contributed by atoms with Crippen LogP contribution in [0.15, 0.2) is 112 Å². The maximum atomic E-state index is 13.4. The number of benzene rings is 1. The molecule has 0 bridgehead atoms. The van der Waals surface area contributed by atoms with E-state index in [2.05, 4.69) is 44.9 Å². The number of nitrogens with one attached hydrogen (secondary N) is 1. The van der Waals surface area contributed by atoms with Crippen molar-refractivity contribution in [2.75, 3.05) is 17.2 Å². The molecule has 9 aromatic rings. The summed E-state index contributed by atoms with van der Waals surface area (Å²) in [4.78, 5) is 73.4. The molecule has 8 aromatic heterocycles. The van der Waals surface area contributed by atoms with Crippen LogP contribution in [-0.4, -0.2) is 54.0 Å². The molecule has 0 unspecified atom stereocenters. The first-order chi connectivity index (χ1) is 30.6. The highest BCUT2D eigenvalue weighted by Crippen LogP contribution is 2.36. The van der Waals surface area contributed by atoms with E-state index in [4.69, 9.17) is 17.2 Å². The van der Waals surface area contributed by atoms with Crippen LogP contribution in [0.5, 0.6) is 0 Å². The van der Waals surface area contributed by atoms with Crippen LogP contribution in [-0.2, 0) is 6.54 Å². The molecule has 0 atom stereocenters. The topological polar surface area (TPSA) is 258 Å². The lowest BCUT2D eigenvalue weighted by molar-refractivity contribution is 0.628. The molecule has 0 aliphatic heterocycles. The Bertz CT molecular complexity index is 3190. The molecule has 322 valence electrons. The Hall–Kier alpha value is -7.80. The van der Waals surface area contributed by atoms with E-state index < -0.39 is 5.82 Å². The van der Waals surface area contributed by atoms with Crippen molar-refractivity contribution in [2.24, 2.45) is 0 Å². The molecular formula is C44H45FN14O3S. The van der Waals surface area contributed by atoms with Gasteiger partial charge in [-0.15, -0.1) is 11.3 Å². The summed E-state index contributed by atoms with van der Waals surface area (Å²) in [5.74, 6) is -0.420. The van der Waals surface area contributed by atoms with E-state index in [0.29, 0.717) is 78.9 Å². The summed E-state index contributed by atoms with van der Waals surface area (Å²) >= 11 is 1.35. The molecular weight excluding hydrogens is 824 g/mol. The van der Waals surface area contributed by atoms with Crippen LogP contribution in [0.2, 0.25) is 0 Å². The fourth-order valence-electron chi connectivity index (χ4n) is 6.24. The zero-order chi connectivity index (χ0) is 45.2. The summed E-state index contributed by atoms with van der Waals surface area (Å²) < 4.78 is 16.6. The van der Waals surface area contributed by atoms with Gasteiger partial charge in [0.15, 0.2) is 22.6 Å². The zero-order valence-corrected chi connectivity index (χ0v) is 36.0. The van der Waals surface area contributed by atoms with Crippen molar-refractivity contribution in [1.29, 1.82) is 0 Å². The molecule has 0 amide bonds. The summed E-state index contributed by atoms with van der Waals surface area (Å²) in [6.07, 6.45) is 11.6. The summed E-state index contributed by atoms with van der Waals surface area (Å²) in [5, 5.41) is 2.35. The number of rotatable bonds is 5. The van der Waals surface area contributed by atoms with Gasteiger partial charge in [-0.05, 0) is 62.2 Å². The van der Waals surface area contributed by atoms with Crippen molar-refractivity contribution < 1.29 is 4.39 Å². The number of anilines is 3. The van der Waals surface area contributed by atoms with Gasteiger partial charge in [-0.1, -0.05) is 39.8 Å². The monoisotopic (exact) mass is 868 g/mol. The van der Waals surface area contributed by atoms with Gasteiger partial charge in [-0.3, -0.25) is 28.5 Å². The van der Waals surface area contributed by atoms with Crippen molar-refractivity contribution in [3.8, 4) is 33.2 Å². The maximum Gasteiger partial charge on any atom is 0.279 e. The summed E-state index contributed by atoms with van der Waals surface area (Å²) in [7, 11) is 0. The molecule has 17 nitrogen and oxygen atoms in total. The van der Waals surface area contributed by atoms with E-state index in [9.17, 15) is 18.8 Å². The normalized spacial score (nSPS) is 11.6. The van der Waals surface area contributed by atoms with Gasteiger partial charge in [0, 0.05) is 66.3 Å². The van der Waals surface area contributed by atoms with Gasteiger partial charge in [-0.25, -0.2) is 39.3 Å². The Morgan fingerprint density at radius 3 is 1.90 bits per heavy atom. The van der Waals surface area contributed by atoms with Gasteiger partial charge < -0.3 is 22.2 Å². The predicted molar refractivity (Wildman–Crippen MR) is 247 cm³/mol. The Labute approximate surface area is 363 Å². The van der Waals surface area contributed by atoms with Gasteiger partial charge in [0.05, 0.1) is 17.1 Å². The number of nitrogens with two attached hydrogens (primary N) is 3. The lowest BCUT2D eigenvalue weighted by Crippen LogP contribution is -2.24. The van der Waals surface area contributed by atoms with Gasteiger partial charge in [0.25, 0.3) is 16.7 Å². The third-order valence-corrected chi connectivity index (χ3v) is 9.97. The number of thiazole rings is 1. The van der Waals surface area contributed by atoms with Crippen LogP contribution < -0.4 is 33.9 Å². The van der Waals surface area contributed by atoms with Crippen LogP contribution in [0.25, 0.3) is 66.7 Å². The summed E-state index contributed by atoms with van der Waals surface area (Å²) in [5.41, 5.74) is 23.2. The quantitative estimate of drug-likeness (QED) is 0.135. The van der Waals surface area contributed by atoms with Crippen LogP contribution >= 0.6 is 11.3 Å². The molecule has 7 N–H and O–H groups in total. The highest BCUT2D eigenvalue weighted by atomic mass is 32.1. The average molecular weight is 869 g/mol. The number of aromatic nitrogens is 11. The minimum atomic E-state index is -0.420. The number of hydrogen-bond acceptors (Lipinski definition) is 15. The van der Waals surface area contributed by atoms with Crippen LogP contribution in [0.3, 0.4) is 0 Å². The van der Waals surface area contributed by atoms with E-state index in [0.717, 1.165) is 12.8 Å². The maximum absolute atomic E-state index is 13.4. The molecule has 19 heteroatoms. The van der Waals surface area contributed by atoms with Gasteiger partial charge in [-0.2, -0.15) is 0 Å². The Morgan fingerprint density at radius 1 is 0.698 bits per heavy atom. The molecule has 0 saturated heterocycles. The van der Waals surface area contributed by atoms with Gasteiger partial charge >= 0.3 is 0 Å². The minimum absolute atomic E-state index is 0.129. The van der Waals surface area contributed by atoms with E-state index in [1.165, 1.54) is 40.4 Å². The molecule has 1 aliphatic carbocycles. The number of aryl methyl sites for hydroxylation is 1. The second kappa shape index (κ2) is 20.2. The summed E-state index contributed by atoms with van der Waals surface area (Å²) in [6, 6.07) is 14.6. The first-order valence-electron chi connectivity index (χ1n) is 20.1. The smallest absolute Gasteiger partial charge is 0.279 e. The number of hydrogen-bond donors (Lipinski definition) is 4. The number of aromatic amines is 1. The lowest BCUT2D eigenvalue weighted by Gasteiger charge is -2.11. The third kappa shape index (κ3) is 9.57. The Morgan fingerprint density at radius 2 is 1.30 bits per heavy atom. The van der Waals surface area contributed by atoms with E-state index in [1.54, 1.807) is 71.1 Å². The highest BCUT2D eigenvalue weighted by Gasteiger charge is 2.29. The molecule has 10 rings (SSSR count). The minimum Gasteiger partial charge on any atom is -0.397 e. The lowest BCUT2D eigenvalue weighted by atomic mass is 10.1. The molecule has 8 heterocycles. The second-order valence-corrected chi connectivity index (χ2v) is 14.0. The zero-order valence-electron chi connectivity index (χ0n) is 35.2. The molecule has 1 aromatic carbocycles. The number of H-pyrrole nitrogens is 1. The van der Waals surface area contributed by atoms with Crippen molar-refractivity contribution in [2.45, 2.75) is 60.0 Å². The highest BCUT2D eigenvalue weighted by molar-refractivity contribution is 7.13. The van der Waals surface area contributed by atoms with Crippen molar-refractivity contribution in [3.63, 3.8) is 0 Å². The SMILES string of the molecule is CC.CC.CCn1c(=O)c(-c2cccc(F)c2)nc2c(N)ccnc21.Nc1ccnc2[nH]c(=O)c(-c3nccs3)nc12.Nc1ccnc2c1nc(-c1cccnc1)c(=O)n2C1CC1. The Kier molecular flexibility index (Phi) is 14.3. The Balaban J connectivity index is 0.000000152. The first kappa shape index (κ1) is 44.7. The third-order valence-electron chi connectivity index (χ3n) is 9.19. The molecule has 1 fully saturated rings. The van der Waals surface area contributed by atoms with E-state index in [-0.39, 0.29) is 34.1 Å². The van der Waals surface area contributed by atoms with Crippen molar-refractivity contribution >= 4 is 61.9 Å². The molecule has 1 saturated carbocycles. The first-order valence-corrected chi connectivity index (χ1v) is 21.0. The molecule has 0 spiro atoms. The van der Waals surface area contributed by atoms with Crippen molar-refractivity contribution in [3.05, 3.63) is 134 Å². The number of fused-ring (bicyclic) bond motifs is 3. The number of nitrogen functional groups attached to an aromatic ring is 3. The second-order valence-electron chi connectivity index (χ2n) is 13.1. The van der Waals surface area contributed by atoms with Crippen LogP contribution in [0, 0.1) is 5.82 Å². The number of nitrogens with zero attached hydrogens (tertiary/aromatic N) is 10. The van der Waals surface area contributed by atoms with E-state index in [1.807, 2.05) is 40.7 Å². The number of halogens is 1. The fraction of sp³-hybridized carbons (Fsp3) is 0.205. The van der Waals surface area contributed by atoms with Gasteiger partial charge in [0.2, 0.25) is 0 Å². The standard InChI is InChI=1S/C15H13FN4O.C15H13N5O.C10H7N5OS.2C2H6/c1-2-20-14-13(11(17)6-7-18-14)19-12(15(20)21)9-4-3-5-10(16)8-9;16-11-5-7-18-14-13(11)19-12(9-2-1-6-17-8-9)15(21)20(14)10-3-4-10;11-5-1-2-12-8-6(5)14-7(9(16)15-8)10-13-3-4-17-10;2*1-2/h3-8H,2H2,1H3,(H2,17,18);1-2,5-8,10H,3-4H2,(H2,16,18);1-4H,(H3,11,12,15,16);2*1-2H3. The van der Waals surface area contributed by atoms with Crippen LogP contribution in [0.4, 0.5) is 21.5 Å². The largest absolute Gasteiger partial charge is 0.397 e. The van der Waals surface area contributed by atoms with Crippen molar-refractivity contribution in [1.82, 2.24) is 54.0 Å². The van der Waals surface area contributed by atoms with Gasteiger partial charge in [0.1, 0.15) is 38.8 Å². The molecule has 63 heavy (non-hydrogen) atoms. The number of pyridine rings is 4. The molecule has 0 radical (unpaired) electrons.